The lowest BCUT2D eigenvalue weighted by Crippen LogP contribution is -2.02. The molecule has 1 aromatic rings. The van der Waals surface area contributed by atoms with Gasteiger partial charge in [-0.1, -0.05) is 0 Å². The molecule has 0 aliphatic heterocycles. The summed E-state index contributed by atoms with van der Waals surface area (Å²) >= 11 is 0. The van der Waals surface area contributed by atoms with Crippen LogP contribution in [0.4, 0.5) is 0 Å². The lowest BCUT2D eigenvalue weighted by molar-refractivity contribution is 0.180. The third kappa shape index (κ3) is 4.08. The quantitative estimate of drug-likeness (QED) is 0.704. The molecule has 0 bridgehead atoms. The zero-order chi connectivity index (χ0) is 9.68. The predicted molar refractivity (Wildman–Crippen MR) is 52.5 cm³/mol. The minimum Gasteiger partial charge on any atom is -0.393 e. The molecule has 0 radical (unpaired) electrons. The van der Waals surface area contributed by atoms with Gasteiger partial charge in [-0.15, -0.1) is 0 Å². The molecule has 1 aromatic heterocycles. The van der Waals surface area contributed by atoms with Gasteiger partial charge in [0.25, 0.3) is 0 Å². The van der Waals surface area contributed by atoms with Crippen LogP contribution >= 0.6 is 0 Å². The van der Waals surface area contributed by atoms with Gasteiger partial charge in [0.15, 0.2) is 0 Å². The van der Waals surface area contributed by atoms with Crippen molar-refractivity contribution < 1.29 is 5.11 Å². The van der Waals surface area contributed by atoms with Crippen LogP contribution in [0.2, 0.25) is 0 Å². The number of unbranched alkanes of at least 4 members (excludes halogenated alkanes) is 1. The molecular formula is C10H18N2O. The zero-order valence-corrected chi connectivity index (χ0v) is 8.40. The second kappa shape index (κ2) is 5.02. The SMILES string of the molecule is Cc1ccn(CCCCC(C)O)n1. The van der Waals surface area contributed by atoms with Crippen LogP contribution in [0.25, 0.3) is 0 Å². The number of aryl methyl sites for hydroxylation is 2. The van der Waals surface area contributed by atoms with Crippen LogP contribution < -0.4 is 0 Å². The predicted octanol–water partition coefficient (Wildman–Crippen LogP) is 1.74. The van der Waals surface area contributed by atoms with E-state index in [0.29, 0.717) is 0 Å². The van der Waals surface area contributed by atoms with Crippen LogP contribution in [-0.2, 0) is 6.54 Å². The first kappa shape index (κ1) is 10.3. The average molecular weight is 182 g/mol. The molecular weight excluding hydrogens is 164 g/mol. The Bertz CT molecular complexity index is 243. The van der Waals surface area contributed by atoms with Gasteiger partial charge in [-0.3, -0.25) is 4.68 Å². The number of rotatable bonds is 5. The number of hydrogen-bond acceptors (Lipinski definition) is 2. The molecule has 0 saturated carbocycles. The average Bonchev–Trinajstić information content (AvgIpc) is 2.45. The van der Waals surface area contributed by atoms with Gasteiger partial charge in [0.1, 0.15) is 0 Å². The Balaban J connectivity index is 2.13. The van der Waals surface area contributed by atoms with E-state index in [1.807, 2.05) is 30.8 Å². The van der Waals surface area contributed by atoms with E-state index in [1.54, 1.807) is 0 Å². The van der Waals surface area contributed by atoms with Gasteiger partial charge in [0, 0.05) is 12.7 Å². The summed E-state index contributed by atoms with van der Waals surface area (Å²) in [6, 6.07) is 2.01. The molecule has 0 aliphatic carbocycles. The molecule has 0 saturated heterocycles. The van der Waals surface area contributed by atoms with Crippen LogP contribution in [0.5, 0.6) is 0 Å². The highest BCUT2D eigenvalue weighted by Crippen LogP contribution is 2.02. The van der Waals surface area contributed by atoms with E-state index in [9.17, 15) is 0 Å². The van der Waals surface area contributed by atoms with Gasteiger partial charge in [0.2, 0.25) is 0 Å². The normalized spacial score (nSPS) is 13.2. The van der Waals surface area contributed by atoms with Crippen LogP contribution in [-0.4, -0.2) is 21.0 Å². The third-order valence-corrected chi connectivity index (χ3v) is 2.03. The Kier molecular flexibility index (Phi) is 3.96. The largest absolute Gasteiger partial charge is 0.393 e. The number of nitrogens with zero attached hydrogens (tertiary/aromatic N) is 2. The summed E-state index contributed by atoms with van der Waals surface area (Å²) in [6.45, 7) is 4.78. The summed E-state index contributed by atoms with van der Waals surface area (Å²) in [7, 11) is 0. The second-order valence-corrected chi connectivity index (χ2v) is 3.56. The summed E-state index contributed by atoms with van der Waals surface area (Å²) in [5.74, 6) is 0. The van der Waals surface area contributed by atoms with Crippen molar-refractivity contribution in [2.24, 2.45) is 0 Å². The van der Waals surface area contributed by atoms with Crippen LogP contribution in [0.1, 0.15) is 31.9 Å². The Morgan fingerprint density at radius 3 is 2.85 bits per heavy atom. The fourth-order valence-electron chi connectivity index (χ4n) is 1.30. The first-order chi connectivity index (χ1) is 6.18. The van der Waals surface area contributed by atoms with Gasteiger partial charge in [-0.25, -0.2) is 0 Å². The second-order valence-electron chi connectivity index (χ2n) is 3.56. The molecule has 0 spiro atoms. The number of aliphatic hydroxyl groups excluding tert-OH is 1. The first-order valence-corrected chi connectivity index (χ1v) is 4.86. The third-order valence-electron chi connectivity index (χ3n) is 2.03. The maximum Gasteiger partial charge on any atom is 0.0593 e. The molecule has 1 heterocycles. The van der Waals surface area contributed by atoms with E-state index in [4.69, 9.17) is 5.11 Å². The summed E-state index contributed by atoms with van der Waals surface area (Å²) < 4.78 is 1.96. The van der Waals surface area contributed by atoms with Crippen LogP contribution in [0.15, 0.2) is 12.3 Å². The lowest BCUT2D eigenvalue weighted by atomic mass is 10.2. The van der Waals surface area contributed by atoms with Gasteiger partial charge in [-0.2, -0.15) is 5.10 Å². The molecule has 0 amide bonds. The molecule has 74 valence electrons. The molecule has 1 atom stereocenters. The molecule has 1 unspecified atom stereocenters. The lowest BCUT2D eigenvalue weighted by Gasteiger charge is -2.03. The van der Waals surface area contributed by atoms with Crippen molar-refractivity contribution in [3.8, 4) is 0 Å². The van der Waals surface area contributed by atoms with Crippen molar-refractivity contribution in [1.29, 1.82) is 0 Å². The highest BCUT2D eigenvalue weighted by Gasteiger charge is 1.97. The van der Waals surface area contributed by atoms with Crippen molar-refractivity contribution in [2.75, 3.05) is 0 Å². The summed E-state index contributed by atoms with van der Waals surface area (Å²) in [4.78, 5) is 0. The maximum absolute atomic E-state index is 9.03. The topological polar surface area (TPSA) is 38.0 Å². The smallest absolute Gasteiger partial charge is 0.0593 e. The van der Waals surface area contributed by atoms with Crippen LogP contribution in [0.3, 0.4) is 0 Å². The van der Waals surface area contributed by atoms with E-state index in [0.717, 1.165) is 31.5 Å². The molecule has 0 fully saturated rings. The van der Waals surface area contributed by atoms with E-state index >= 15 is 0 Å². The van der Waals surface area contributed by atoms with Gasteiger partial charge >= 0.3 is 0 Å². The van der Waals surface area contributed by atoms with Crippen LogP contribution in [0, 0.1) is 6.92 Å². The van der Waals surface area contributed by atoms with Gasteiger partial charge in [0.05, 0.1) is 11.8 Å². The Hall–Kier alpha value is -0.830. The highest BCUT2D eigenvalue weighted by atomic mass is 16.3. The molecule has 13 heavy (non-hydrogen) atoms. The molecule has 3 nitrogen and oxygen atoms in total. The molecule has 3 heteroatoms. The number of aliphatic hydroxyl groups is 1. The van der Waals surface area contributed by atoms with Crippen molar-refractivity contribution in [3.63, 3.8) is 0 Å². The fourth-order valence-corrected chi connectivity index (χ4v) is 1.30. The minimum atomic E-state index is -0.167. The van der Waals surface area contributed by atoms with E-state index in [1.165, 1.54) is 0 Å². The van der Waals surface area contributed by atoms with Gasteiger partial charge < -0.3 is 5.11 Å². The van der Waals surface area contributed by atoms with Gasteiger partial charge in [-0.05, 0) is 39.2 Å². The Morgan fingerprint density at radius 1 is 1.54 bits per heavy atom. The number of hydrogen-bond donors (Lipinski definition) is 1. The first-order valence-electron chi connectivity index (χ1n) is 4.86. The molecule has 0 aromatic carbocycles. The Morgan fingerprint density at radius 2 is 2.31 bits per heavy atom. The standard InChI is InChI=1S/C10H18N2O/c1-9-6-8-12(11-9)7-4-3-5-10(2)13/h6,8,10,13H,3-5,7H2,1-2H3. The van der Waals surface area contributed by atoms with Crippen molar-refractivity contribution >= 4 is 0 Å². The summed E-state index contributed by atoms with van der Waals surface area (Å²) in [6.07, 6.45) is 4.87. The monoisotopic (exact) mass is 182 g/mol. The zero-order valence-electron chi connectivity index (χ0n) is 8.40. The summed E-state index contributed by atoms with van der Waals surface area (Å²) in [5.41, 5.74) is 1.07. The highest BCUT2D eigenvalue weighted by molar-refractivity contribution is 4.94. The Labute approximate surface area is 79.4 Å². The van der Waals surface area contributed by atoms with Crippen molar-refractivity contribution in [2.45, 2.75) is 45.8 Å². The molecule has 0 aliphatic rings. The van der Waals surface area contributed by atoms with Crippen molar-refractivity contribution in [3.05, 3.63) is 18.0 Å². The molecule has 1 N–H and O–H groups in total. The summed E-state index contributed by atoms with van der Waals surface area (Å²) in [5, 5.41) is 13.3. The van der Waals surface area contributed by atoms with E-state index < -0.39 is 0 Å². The van der Waals surface area contributed by atoms with E-state index in [-0.39, 0.29) is 6.10 Å². The van der Waals surface area contributed by atoms with Crippen molar-refractivity contribution in [1.82, 2.24) is 9.78 Å². The minimum absolute atomic E-state index is 0.167. The van der Waals surface area contributed by atoms with E-state index in [2.05, 4.69) is 5.10 Å². The molecule has 1 rings (SSSR count). The fraction of sp³-hybridized carbons (Fsp3) is 0.700. The number of aromatic nitrogens is 2. The maximum atomic E-state index is 9.03.